The summed E-state index contributed by atoms with van der Waals surface area (Å²) in [6.45, 7) is 0. The highest BCUT2D eigenvalue weighted by Gasteiger charge is 2.18. The summed E-state index contributed by atoms with van der Waals surface area (Å²) in [5, 5.41) is 42.9. The summed E-state index contributed by atoms with van der Waals surface area (Å²) < 4.78 is 12.1. The molecule has 2 aromatic carbocycles. The molecular formula is C25H27N4O6-. The Morgan fingerprint density at radius 3 is 2.00 bits per heavy atom. The van der Waals surface area contributed by atoms with Gasteiger partial charge in [-0.15, -0.1) is 5.10 Å². The lowest BCUT2D eigenvalue weighted by Gasteiger charge is -2.16. The van der Waals surface area contributed by atoms with Crippen LogP contribution in [0.25, 0.3) is 11.1 Å². The van der Waals surface area contributed by atoms with Gasteiger partial charge in [0.15, 0.2) is 5.82 Å². The Labute approximate surface area is 202 Å². The van der Waals surface area contributed by atoms with Gasteiger partial charge in [-0.3, -0.25) is 0 Å². The zero-order chi connectivity index (χ0) is 25.4. The predicted octanol–water partition coefficient (Wildman–Crippen LogP) is 0.994. The molecule has 35 heavy (non-hydrogen) atoms. The van der Waals surface area contributed by atoms with Crippen molar-refractivity contribution in [2.24, 2.45) is 7.05 Å². The Kier molecular flexibility index (Phi) is 8.71. The number of tetrazole rings is 1. The number of hydrogen-bond acceptors (Lipinski definition) is 9. The van der Waals surface area contributed by atoms with Crippen LogP contribution in [0, 0.1) is 0 Å². The van der Waals surface area contributed by atoms with Crippen molar-refractivity contribution in [3.63, 3.8) is 0 Å². The average Bonchev–Trinajstić information content (AvgIpc) is 3.27. The lowest BCUT2D eigenvalue weighted by molar-refractivity contribution is -0.307. The van der Waals surface area contributed by atoms with Crippen molar-refractivity contribution in [2.75, 3.05) is 14.2 Å². The number of carboxylic acid groups (broad SMARTS) is 1. The highest BCUT2D eigenvalue weighted by Crippen LogP contribution is 2.34. The molecule has 10 nitrogen and oxygen atoms in total. The van der Waals surface area contributed by atoms with Gasteiger partial charge in [-0.1, -0.05) is 36.4 Å². The van der Waals surface area contributed by atoms with Gasteiger partial charge < -0.3 is 29.6 Å². The maximum Gasteiger partial charge on any atom is 0.182 e. The fourth-order valence-electron chi connectivity index (χ4n) is 3.56. The van der Waals surface area contributed by atoms with E-state index in [0.29, 0.717) is 22.9 Å². The second kappa shape index (κ2) is 11.9. The summed E-state index contributed by atoms with van der Waals surface area (Å²) in [6, 6.07) is 14.9. The Morgan fingerprint density at radius 2 is 1.57 bits per heavy atom. The first-order valence-corrected chi connectivity index (χ1v) is 10.8. The van der Waals surface area contributed by atoms with Crippen molar-refractivity contribution in [1.29, 1.82) is 0 Å². The standard InChI is InChI=1S/C25H28N4O6/c1-29-25(26-27-28-29)22(13-8-18(30)14-19(31)15-23(32)33)24(16-4-9-20(34-2)10-5-16)17-6-11-21(35-3)12-7-17/h4-13,18-19,30-31H,14-15H2,1-3H3,(H,32,33)/p-1/b13-8+/t18-,19-/m1/s1. The molecule has 0 radical (unpaired) electrons. The number of carboxylic acids is 1. The van der Waals surface area contributed by atoms with E-state index in [1.807, 2.05) is 48.5 Å². The smallest absolute Gasteiger partial charge is 0.182 e. The molecule has 0 fully saturated rings. The Bertz CT molecular complexity index is 1140. The normalized spacial score (nSPS) is 12.8. The van der Waals surface area contributed by atoms with Crippen LogP contribution in [0.4, 0.5) is 0 Å². The van der Waals surface area contributed by atoms with Crippen molar-refractivity contribution < 1.29 is 29.6 Å². The van der Waals surface area contributed by atoms with Gasteiger partial charge in [-0.05, 0) is 51.4 Å². The minimum atomic E-state index is -1.39. The van der Waals surface area contributed by atoms with E-state index in [2.05, 4.69) is 15.5 Å². The van der Waals surface area contributed by atoms with Gasteiger partial charge in [0.1, 0.15) is 11.5 Å². The van der Waals surface area contributed by atoms with E-state index < -0.39 is 24.6 Å². The van der Waals surface area contributed by atoms with E-state index in [1.54, 1.807) is 27.3 Å². The molecule has 2 atom stereocenters. The molecule has 0 bridgehead atoms. The molecule has 1 aromatic heterocycles. The molecule has 0 unspecified atom stereocenters. The quantitative estimate of drug-likeness (QED) is 0.385. The molecule has 0 aliphatic rings. The van der Waals surface area contributed by atoms with Crippen LogP contribution < -0.4 is 14.6 Å². The summed E-state index contributed by atoms with van der Waals surface area (Å²) in [7, 11) is 4.87. The monoisotopic (exact) mass is 479 g/mol. The van der Waals surface area contributed by atoms with E-state index >= 15 is 0 Å². The van der Waals surface area contributed by atoms with Crippen LogP contribution in [0.15, 0.2) is 60.7 Å². The molecule has 0 amide bonds. The van der Waals surface area contributed by atoms with Crippen molar-refractivity contribution in [3.8, 4) is 11.5 Å². The van der Waals surface area contributed by atoms with Crippen LogP contribution in [-0.2, 0) is 11.8 Å². The minimum absolute atomic E-state index is 0.171. The second-order valence-corrected chi connectivity index (χ2v) is 7.76. The third-order valence-corrected chi connectivity index (χ3v) is 5.29. The first kappa shape index (κ1) is 25.6. The third kappa shape index (κ3) is 6.75. The second-order valence-electron chi connectivity index (χ2n) is 7.76. The summed E-state index contributed by atoms with van der Waals surface area (Å²) in [6.07, 6.45) is 0.0280. The minimum Gasteiger partial charge on any atom is -0.550 e. The van der Waals surface area contributed by atoms with Gasteiger partial charge in [-0.25, -0.2) is 4.68 Å². The Morgan fingerprint density at radius 1 is 1.03 bits per heavy atom. The number of aliphatic hydroxyl groups excluding tert-OH is 2. The SMILES string of the molecule is COc1ccc(C(=C(/C=C/[C@@H](O)C[C@@H](O)CC(=O)[O-])c2nnnn2C)c2ccc(OC)cc2)cc1. The van der Waals surface area contributed by atoms with Crippen molar-refractivity contribution in [1.82, 2.24) is 20.2 Å². The van der Waals surface area contributed by atoms with Gasteiger partial charge in [0.25, 0.3) is 0 Å². The van der Waals surface area contributed by atoms with E-state index in [-0.39, 0.29) is 6.42 Å². The van der Waals surface area contributed by atoms with E-state index in [9.17, 15) is 20.1 Å². The van der Waals surface area contributed by atoms with E-state index in [4.69, 9.17) is 9.47 Å². The fourth-order valence-corrected chi connectivity index (χ4v) is 3.56. The number of aliphatic hydroxyl groups is 2. The Hall–Kier alpha value is -4.02. The van der Waals surface area contributed by atoms with Crippen molar-refractivity contribution in [2.45, 2.75) is 25.0 Å². The third-order valence-electron chi connectivity index (χ3n) is 5.29. The zero-order valence-electron chi connectivity index (χ0n) is 19.7. The molecule has 184 valence electrons. The summed E-state index contributed by atoms with van der Waals surface area (Å²) in [5.74, 6) is 0.432. The van der Waals surface area contributed by atoms with Crippen molar-refractivity contribution >= 4 is 17.1 Å². The first-order valence-electron chi connectivity index (χ1n) is 10.8. The molecule has 2 N–H and O–H groups in total. The number of nitrogens with zero attached hydrogens (tertiary/aromatic N) is 4. The van der Waals surface area contributed by atoms with Gasteiger partial charge in [0, 0.05) is 31.4 Å². The number of ether oxygens (including phenoxy) is 2. The largest absolute Gasteiger partial charge is 0.550 e. The number of aryl methyl sites for hydroxylation is 1. The first-order chi connectivity index (χ1) is 16.8. The molecule has 0 saturated heterocycles. The predicted molar refractivity (Wildman–Crippen MR) is 126 cm³/mol. The molecule has 10 heteroatoms. The fraction of sp³-hybridized carbons (Fsp3) is 0.280. The molecular weight excluding hydrogens is 452 g/mol. The maximum absolute atomic E-state index is 10.7. The van der Waals surface area contributed by atoms with Gasteiger partial charge >= 0.3 is 0 Å². The lowest BCUT2D eigenvalue weighted by Crippen LogP contribution is -2.29. The molecule has 0 saturated carbocycles. The number of hydrogen-bond donors (Lipinski definition) is 2. The number of allylic oxidation sites excluding steroid dienone is 2. The summed E-state index contributed by atoms with van der Waals surface area (Å²) in [5.41, 5.74) is 3.04. The zero-order valence-corrected chi connectivity index (χ0v) is 19.7. The van der Waals surface area contributed by atoms with Crippen LogP contribution in [0.3, 0.4) is 0 Å². The summed E-state index contributed by atoms with van der Waals surface area (Å²) in [4.78, 5) is 10.7. The molecule has 0 aliphatic carbocycles. The molecule has 1 heterocycles. The topological polar surface area (TPSA) is 143 Å². The number of rotatable bonds is 11. The van der Waals surface area contributed by atoms with Crippen LogP contribution in [0.1, 0.15) is 29.8 Å². The lowest BCUT2D eigenvalue weighted by atomic mass is 9.91. The number of methoxy groups -OCH3 is 2. The van der Waals surface area contributed by atoms with Crippen LogP contribution in [0.5, 0.6) is 11.5 Å². The molecule has 3 rings (SSSR count). The maximum atomic E-state index is 10.7. The number of aliphatic carboxylic acids is 1. The van der Waals surface area contributed by atoms with Gasteiger partial charge in [0.2, 0.25) is 0 Å². The molecule has 0 spiro atoms. The van der Waals surface area contributed by atoms with Crippen molar-refractivity contribution in [3.05, 3.63) is 77.6 Å². The van der Waals surface area contributed by atoms with E-state index in [1.165, 1.54) is 10.8 Å². The van der Waals surface area contributed by atoms with Crippen LogP contribution in [0.2, 0.25) is 0 Å². The van der Waals surface area contributed by atoms with Crippen LogP contribution in [-0.4, -0.2) is 62.8 Å². The molecule has 0 aliphatic heterocycles. The van der Waals surface area contributed by atoms with Crippen LogP contribution >= 0.6 is 0 Å². The number of carbonyl (C=O) groups is 1. The average molecular weight is 480 g/mol. The highest BCUT2D eigenvalue weighted by atomic mass is 16.5. The van der Waals surface area contributed by atoms with Gasteiger partial charge in [0.05, 0.1) is 26.4 Å². The summed E-state index contributed by atoms with van der Waals surface area (Å²) >= 11 is 0. The number of benzene rings is 2. The Balaban J connectivity index is 2.15. The van der Waals surface area contributed by atoms with Gasteiger partial charge in [-0.2, -0.15) is 0 Å². The molecule has 3 aromatic rings. The number of aromatic nitrogens is 4. The highest BCUT2D eigenvalue weighted by molar-refractivity contribution is 6.01. The number of carbonyl (C=O) groups excluding carboxylic acids is 1. The van der Waals surface area contributed by atoms with E-state index in [0.717, 1.165) is 16.7 Å².